The normalized spacial score (nSPS) is 10.7. The average molecular weight is 340 g/mol. The Labute approximate surface area is 142 Å². The summed E-state index contributed by atoms with van der Waals surface area (Å²) in [6.07, 6.45) is 0. The van der Waals surface area contributed by atoms with Crippen molar-refractivity contribution in [3.05, 3.63) is 57.5 Å². The maximum absolute atomic E-state index is 12.5. The van der Waals surface area contributed by atoms with Gasteiger partial charge in [-0.2, -0.15) is 0 Å². The number of aromatic amines is 1. The Hall–Kier alpha value is -3.35. The molecule has 0 spiro atoms. The number of aryl methyl sites for hydroxylation is 1. The minimum absolute atomic E-state index is 0.102. The second kappa shape index (κ2) is 6.27. The molecule has 2 N–H and O–H groups in total. The second-order valence-corrected chi connectivity index (χ2v) is 5.42. The number of rotatable bonds is 3. The van der Waals surface area contributed by atoms with Crippen LogP contribution in [0.15, 0.2) is 39.5 Å². The molecule has 0 aliphatic rings. The van der Waals surface area contributed by atoms with Gasteiger partial charge in [-0.15, -0.1) is 0 Å². The molecule has 128 valence electrons. The fourth-order valence-corrected chi connectivity index (χ4v) is 2.72. The van der Waals surface area contributed by atoms with E-state index in [9.17, 15) is 9.59 Å². The SMILES string of the molecule is COC(=O)c1c(-c2ccc(OC)cc2)c2c(=O)[nH]c(C)cc2oc1=N. The molecule has 0 fully saturated rings. The van der Waals surface area contributed by atoms with Crippen molar-refractivity contribution in [2.45, 2.75) is 6.92 Å². The number of aromatic nitrogens is 1. The van der Waals surface area contributed by atoms with Crippen molar-refractivity contribution in [3.8, 4) is 16.9 Å². The molecule has 1 aromatic carbocycles. The Morgan fingerprint density at radius 2 is 1.88 bits per heavy atom. The van der Waals surface area contributed by atoms with Crippen LogP contribution in [0.2, 0.25) is 0 Å². The lowest BCUT2D eigenvalue weighted by Gasteiger charge is -2.12. The third kappa shape index (κ3) is 2.80. The van der Waals surface area contributed by atoms with Gasteiger partial charge in [0.2, 0.25) is 5.55 Å². The van der Waals surface area contributed by atoms with Gasteiger partial charge >= 0.3 is 5.97 Å². The van der Waals surface area contributed by atoms with Gasteiger partial charge in [-0.1, -0.05) is 12.1 Å². The highest BCUT2D eigenvalue weighted by molar-refractivity contribution is 6.05. The van der Waals surface area contributed by atoms with Gasteiger partial charge in [-0.05, 0) is 24.6 Å². The van der Waals surface area contributed by atoms with Gasteiger partial charge in [-0.3, -0.25) is 10.2 Å². The number of carbonyl (C=O) groups excluding carboxylic acids is 1. The molecule has 0 aliphatic carbocycles. The Kier molecular flexibility index (Phi) is 4.14. The summed E-state index contributed by atoms with van der Waals surface area (Å²) < 4.78 is 15.3. The summed E-state index contributed by atoms with van der Waals surface area (Å²) in [5, 5.41) is 8.28. The molecule has 0 saturated heterocycles. The average Bonchev–Trinajstić information content (AvgIpc) is 2.59. The first kappa shape index (κ1) is 16.5. The van der Waals surface area contributed by atoms with Gasteiger partial charge < -0.3 is 18.9 Å². The van der Waals surface area contributed by atoms with Crippen molar-refractivity contribution in [2.75, 3.05) is 14.2 Å². The first-order chi connectivity index (χ1) is 12.0. The van der Waals surface area contributed by atoms with Gasteiger partial charge in [0.25, 0.3) is 5.56 Å². The van der Waals surface area contributed by atoms with Crippen LogP contribution in [-0.2, 0) is 4.74 Å². The van der Waals surface area contributed by atoms with E-state index < -0.39 is 11.5 Å². The van der Waals surface area contributed by atoms with E-state index in [1.165, 1.54) is 7.11 Å². The fraction of sp³-hybridized carbons (Fsp3) is 0.167. The highest BCUT2D eigenvalue weighted by Gasteiger charge is 2.23. The number of ether oxygens (including phenoxy) is 2. The maximum atomic E-state index is 12.5. The number of methoxy groups -OCH3 is 2. The molecule has 0 amide bonds. The zero-order chi connectivity index (χ0) is 18.1. The molecule has 0 atom stereocenters. The van der Waals surface area contributed by atoms with Gasteiger partial charge in [0, 0.05) is 17.3 Å². The van der Waals surface area contributed by atoms with Crippen LogP contribution in [0.25, 0.3) is 22.1 Å². The largest absolute Gasteiger partial charge is 0.497 e. The lowest BCUT2D eigenvalue weighted by molar-refractivity contribution is 0.0596. The van der Waals surface area contributed by atoms with E-state index in [4.69, 9.17) is 19.3 Å². The van der Waals surface area contributed by atoms with Crippen molar-refractivity contribution >= 4 is 16.9 Å². The molecule has 0 unspecified atom stereocenters. The van der Waals surface area contributed by atoms with Crippen molar-refractivity contribution in [3.63, 3.8) is 0 Å². The first-order valence-corrected chi connectivity index (χ1v) is 7.44. The summed E-state index contributed by atoms with van der Waals surface area (Å²) >= 11 is 0. The van der Waals surface area contributed by atoms with Crippen LogP contribution in [-0.4, -0.2) is 25.2 Å². The number of nitrogens with one attached hydrogen (secondary N) is 2. The van der Waals surface area contributed by atoms with Gasteiger partial charge in [-0.25, -0.2) is 4.79 Å². The van der Waals surface area contributed by atoms with Crippen LogP contribution in [0.4, 0.5) is 0 Å². The molecular formula is C18H16N2O5. The highest BCUT2D eigenvalue weighted by atomic mass is 16.5. The molecule has 0 bridgehead atoms. The van der Waals surface area contributed by atoms with Crippen LogP contribution in [0.1, 0.15) is 16.1 Å². The summed E-state index contributed by atoms with van der Waals surface area (Å²) in [5.41, 5.74) is 0.808. The summed E-state index contributed by atoms with van der Waals surface area (Å²) in [4.78, 5) is 27.5. The predicted molar refractivity (Wildman–Crippen MR) is 90.8 cm³/mol. The Balaban J connectivity index is 2.49. The van der Waals surface area contributed by atoms with E-state index in [1.807, 2.05) is 0 Å². The first-order valence-electron chi connectivity index (χ1n) is 7.44. The van der Waals surface area contributed by atoms with Crippen molar-refractivity contribution in [1.29, 1.82) is 5.41 Å². The number of pyridine rings is 1. The van der Waals surface area contributed by atoms with Gasteiger partial charge in [0.1, 0.15) is 16.9 Å². The van der Waals surface area contributed by atoms with Crippen LogP contribution >= 0.6 is 0 Å². The monoisotopic (exact) mass is 340 g/mol. The molecule has 0 saturated carbocycles. The van der Waals surface area contributed by atoms with E-state index in [1.54, 1.807) is 44.4 Å². The summed E-state index contributed by atoms with van der Waals surface area (Å²) in [6, 6.07) is 8.44. The molecule has 0 aliphatic heterocycles. The molecule has 2 aromatic heterocycles. The van der Waals surface area contributed by atoms with Gasteiger partial charge in [0.15, 0.2) is 0 Å². The zero-order valence-electron chi connectivity index (χ0n) is 13.9. The second-order valence-electron chi connectivity index (χ2n) is 5.42. The van der Waals surface area contributed by atoms with Crippen LogP contribution in [0, 0.1) is 12.3 Å². The van der Waals surface area contributed by atoms with Gasteiger partial charge in [0.05, 0.1) is 19.6 Å². The predicted octanol–water partition coefficient (Wildman–Crippen LogP) is 2.37. The number of esters is 1. The quantitative estimate of drug-likeness (QED) is 0.712. The van der Waals surface area contributed by atoms with E-state index >= 15 is 0 Å². The van der Waals surface area contributed by atoms with Crippen LogP contribution in [0.5, 0.6) is 5.75 Å². The van der Waals surface area contributed by atoms with E-state index in [0.717, 1.165) is 0 Å². The summed E-state index contributed by atoms with van der Waals surface area (Å²) in [7, 11) is 2.75. The third-order valence-electron chi connectivity index (χ3n) is 3.84. The van der Waals surface area contributed by atoms with E-state index in [0.29, 0.717) is 22.6 Å². The maximum Gasteiger partial charge on any atom is 0.344 e. The molecule has 0 radical (unpaired) electrons. The van der Waals surface area contributed by atoms with Crippen LogP contribution < -0.4 is 15.9 Å². The fourth-order valence-electron chi connectivity index (χ4n) is 2.72. The number of H-pyrrole nitrogens is 1. The topological polar surface area (TPSA) is 105 Å². The number of fused-ring (bicyclic) bond motifs is 1. The molecular weight excluding hydrogens is 324 g/mol. The lowest BCUT2D eigenvalue weighted by Crippen LogP contribution is -2.20. The number of benzene rings is 1. The molecule has 3 aromatic rings. The van der Waals surface area contributed by atoms with Crippen molar-refractivity contribution in [1.82, 2.24) is 4.98 Å². The van der Waals surface area contributed by atoms with E-state index in [2.05, 4.69) is 4.98 Å². The van der Waals surface area contributed by atoms with E-state index in [-0.39, 0.29) is 22.1 Å². The minimum atomic E-state index is -0.749. The van der Waals surface area contributed by atoms with Crippen LogP contribution in [0.3, 0.4) is 0 Å². The van der Waals surface area contributed by atoms with Crippen molar-refractivity contribution in [2.24, 2.45) is 0 Å². The molecule has 7 heteroatoms. The highest BCUT2D eigenvalue weighted by Crippen LogP contribution is 2.30. The summed E-state index contributed by atoms with van der Waals surface area (Å²) in [5.74, 6) is -0.120. The van der Waals surface area contributed by atoms with Crippen molar-refractivity contribution < 1.29 is 18.7 Å². The third-order valence-corrected chi connectivity index (χ3v) is 3.84. The lowest BCUT2D eigenvalue weighted by atomic mass is 9.97. The smallest absolute Gasteiger partial charge is 0.344 e. The minimum Gasteiger partial charge on any atom is -0.497 e. The standard InChI is InChI=1S/C18H16N2O5/c1-9-8-12-14(17(21)20-9)13(10-4-6-11(23-2)7-5-10)15(16(19)25-12)18(22)24-3/h4-8,19H,1-3H3,(H,20,21). The number of hydrogen-bond donors (Lipinski definition) is 2. The number of carbonyl (C=O) groups is 1. The number of hydrogen-bond acceptors (Lipinski definition) is 6. The summed E-state index contributed by atoms with van der Waals surface area (Å²) in [6.45, 7) is 1.71. The Morgan fingerprint density at radius 1 is 1.20 bits per heavy atom. The Bertz CT molecular complexity index is 1080. The molecule has 2 heterocycles. The molecule has 7 nitrogen and oxygen atoms in total. The zero-order valence-corrected chi connectivity index (χ0v) is 13.9. The molecule has 25 heavy (non-hydrogen) atoms. The Morgan fingerprint density at radius 3 is 2.48 bits per heavy atom. The molecule has 3 rings (SSSR count).